The quantitative estimate of drug-likeness (QED) is 0.532. The Morgan fingerprint density at radius 3 is 2.65 bits per heavy atom. The molecule has 0 saturated heterocycles. The first-order chi connectivity index (χ1) is 10.8. The topological polar surface area (TPSA) is 55.8 Å². The number of nitrogens with zero attached hydrogens (tertiary/aromatic N) is 1. The van der Waals surface area contributed by atoms with Crippen LogP contribution in [0, 0.1) is 5.82 Å². The van der Waals surface area contributed by atoms with Crippen molar-refractivity contribution in [3.8, 4) is 5.75 Å². The summed E-state index contributed by atoms with van der Waals surface area (Å²) in [6, 6.07) is 1.08. The molecule has 0 aromatic heterocycles. The molecular weight excluding hydrogens is 393 g/mol. The number of halogens is 3. The van der Waals surface area contributed by atoms with Gasteiger partial charge in [-0.25, -0.2) is 9.18 Å². The van der Waals surface area contributed by atoms with E-state index in [0.29, 0.717) is 0 Å². The van der Waals surface area contributed by atoms with Crippen LogP contribution in [0.25, 0.3) is 0 Å². The molecular formula is C15H16BrClFNO4. The van der Waals surface area contributed by atoms with E-state index in [1.165, 1.54) is 31.1 Å². The van der Waals surface area contributed by atoms with Crippen LogP contribution in [-0.2, 0) is 14.3 Å². The molecule has 0 aliphatic carbocycles. The Morgan fingerprint density at radius 1 is 1.48 bits per heavy atom. The molecule has 126 valence electrons. The highest BCUT2D eigenvalue weighted by Gasteiger charge is 2.23. The summed E-state index contributed by atoms with van der Waals surface area (Å²) in [5.74, 6) is -1.56. The van der Waals surface area contributed by atoms with Crippen molar-refractivity contribution < 1.29 is 23.5 Å². The smallest absolute Gasteiger partial charge is 0.330 e. The number of ether oxygens (including phenoxy) is 2. The summed E-state index contributed by atoms with van der Waals surface area (Å²) in [7, 11) is 1.25. The van der Waals surface area contributed by atoms with Crippen molar-refractivity contribution >= 4 is 45.1 Å². The first-order valence-electron chi connectivity index (χ1n) is 6.66. The molecule has 1 rings (SSSR count). The minimum Gasteiger partial charge on any atom is -0.490 e. The molecule has 8 heteroatoms. The zero-order chi connectivity index (χ0) is 17.6. The number of carbonyl (C=O) groups is 2. The van der Waals surface area contributed by atoms with E-state index in [4.69, 9.17) is 16.3 Å². The third-order valence-corrected chi connectivity index (χ3v) is 3.81. The van der Waals surface area contributed by atoms with Gasteiger partial charge in [0, 0.05) is 19.5 Å². The van der Waals surface area contributed by atoms with Crippen molar-refractivity contribution in [2.45, 2.75) is 13.8 Å². The second-order valence-electron chi connectivity index (χ2n) is 4.32. The van der Waals surface area contributed by atoms with E-state index in [1.807, 2.05) is 0 Å². The van der Waals surface area contributed by atoms with Gasteiger partial charge in [0.25, 0.3) is 0 Å². The van der Waals surface area contributed by atoms with Gasteiger partial charge in [0.2, 0.25) is 5.91 Å². The maximum absolute atomic E-state index is 13.9. The Morgan fingerprint density at radius 2 is 2.13 bits per heavy atom. The highest BCUT2D eigenvalue weighted by molar-refractivity contribution is 9.10. The molecule has 1 aromatic rings. The van der Waals surface area contributed by atoms with Crippen LogP contribution in [0.5, 0.6) is 5.75 Å². The van der Waals surface area contributed by atoms with Crippen LogP contribution in [0.15, 0.2) is 22.7 Å². The van der Waals surface area contributed by atoms with Crippen molar-refractivity contribution in [3.63, 3.8) is 0 Å². The fraction of sp³-hybridized carbons (Fsp3) is 0.333. The van der Waals surface area contributed by atoms with Gasteiger partial charge in [-0.2, -0.15) is 0 Å². The average Bonchev–Trinajstić information content (AvgIpc) is 2.49. The van der Waals surface area contributed by atoms with Crippen LogP contribution >= 0.6 is 27.5 Å². The van der Waals surface area contributed by atoms with E-state index in [2.05, 4.69) is 20.7 Å². The Labute approximate surface area is 147 Å². The summed E-state index contributed by atoms with van der Waals surface area (Å²) in [5.41, 5.74) is 0.263. The Bertz CT molecular complexity index is 636. The van der Waals surface area contributed by atoms with Crippen molar-refractivity contribution in [3.05, 3.63) is 33.5 Å². The van der Waals surface area contributed by atoms with Crippen LogP contribution in [-0.4, -0.2) is 32.1 Å². The number of carbonyl (C=O) groups excluding carboxylic acids is 2. The normalized spacial score (nSPS) is 10.7. The van der Waals surface area contributed by atoms with Crippen LogP contribution < -0.4 is 9.64 Å². The van der Waals surface area contributed by atoms with Gasteiger partial charge >= 0.3 is 5.97 Å². The SMILES string of the molecule is CCOc1c(F)cc(Cl)c(N(CC=CC(=O)OC)C(C)=O)c1Br. The molecule has 0 aliphatic rings. The maximum Gasteiger partial charge on any atom is 0.330 e. The van der Waals surface area contributed by atoms with Gasteiger partial charge in [0.1, 0.15) is 0 Å². The fourth-order valence-electron chi connectivity index (χ4n) is 1.79. The van der Waals surface area contributed by atoms with Gasteiger partial charge in [0.05, 0.1) is 28.9 Å². The molecule has 1 amide bonds. The number of esters is 1. The number of amides is 1. The zero-order valence-electron chi connectivity index (χ0n) is 12.9. The molecule has 1 aromatic carbocycles. The second kappa shape index (κ2) is 8.88. The molecule has 0 fully saturated rings. The number of anilines is 1. The van der Waals surface area contributed by atoms with Crippen LogP contribution in [0.3, 0.4) is 0 Å². The maximum atomic E-state index is 13.9. The summed E-state index contributed by atoms with van der Waals surface area (Å²) in [6.07, 6.45) is 2.63. The molecule has 0 radical (unpaired) electrons. The molecule has 0 unspecified atom stereocenters. The predicted octanol–water partition coefficient (Wildman–Crippen LogP) is 3.72. The van der Waals surface area contributed by atoms with Gasteiger partial charge in [-0.15, -0.1) is 0 Å². The lowest BCUT2D eigenvalue weighted by Crippen LogP contribution is -2.29. The molecule has 0 N–H and O–H groups in total. The molecule has 5 nitrogen and oxygen atoms in total. The highest BCUT2D eigenvalue weighted by atomic mass is 79.9. The summed E-state index contributed by atoms with van der Waals surface area (Å²) in [5, 5.41) is 0.0412. The van der Waals surface area contributed by atoms with E-state index in [-0.39, 0.29) is 40.0 Å². The third kappa shape index (κ3) is 4.94. The van der Waals surface area contributed by atoms with E-state index >= 15 is 0 Å². The van der Waals surface area contributed by atoms with E-state index in [9.17, 15) is 14.0 Å². The van der Waals surface area contributed by atoms with Crippen LogP contribution in [0.1, 0.15) is 13.8 Å². The minimum atomic E-state index is -0.638. The molecule has 0 heterocycles. The molecule has 0 aliphatic heterocycles. The van der Waals surface area contributed by atoms with Crippen molar-refractivity contribution in [1.82, 2.24) is 0 Å². The zero-order valence-corrected chi connectivity index (χ0v) is 15.2. The summed E-state index contributed by atoms with van der Waals surface area (Å²) in [4.78, 5) is 24.3. The van der Waals surface area contributed by atoms with Gasteiger partial charge in [0.15, 0.2) is 11.6 Å². The third-order valence-electron chi connectivity index (χ3n) is 2.79. The number of hydrogen-bond acceptors (Lipinski definition) is 4. The molecule has 0 saturated carbocycles. The number of methoxy groups -OCH3 is 1. The van der Waals surface area contributed by atoms with Gasteiger partial charge in [-0.05, 0) is 28.9 Å². The summed E-state index contributed by atoms with van der Waals surface area (Å²) < 4.78 is 23.9. The first kappa shape index (κ1) is 19.4. The number of benzene rings is 1. The first-order valence-corrected chi connectivity index (χ1v) is 7.83. The second-order valence-corrected chi connectivity index (χ2v) is 5.52. The number of rotatable bonds is 6. The van der Waals surface area contributed by atoms with Gasteiger partial charge in [-0.3, -0.25) is 4.79 Å². The lowest BCUT2D eigenvalue weighted by atomic mass is 10.2. The van der Waals surface area contributed by atoms with E-state index < -0.39 is 11.8 Å². The largest absolute Gasteiger partial charge is 0.490 e. The van der Waals surface area contributed by atoms with Crippen molar-refractivity contribution in [1.29, 1.82) is 0 Å². The van der Waals surface area contributed by atoms with Gasteiger partial charge < -0.3 is 14.4 Å². The van der Waals surface area contributed by atoms with E-state index in [0.717, 1.165) is 6.07 Å². The van der Waals surface area contributed by atoms with E-state index in [1.54, 1.807) is 6.92 Å². The Kier molecular flexibility index (Phi) is 7.51. The monoisotopic (exact) mass is 407 g/mol. The molecule has 0 spiro atoms. The minimum absolute atomic E-state index is 0.0323. The summed E-state index contributed by atoms with van der Waals surface area (Å²) >= 11 is 9.31. The van der Waals surface area contributed by atoms with Crippen molar-refractivity contribution in [2.24, 2.45) is 0 Å². The lowest BCUT2D eigenvalue weighted by molar-refractivity contribution is -0.134. The summed E-state index contributed by atoms with van der Waals surface area (Å²) in [6.45, 7) is 3.35. The molecule has 23 heavy (non-hydrogen) atoms. The molecule has 0 bridgehead atoms. The fourth-order valence-corrected chi connectivity index (χ4v) is 2.92. The Hall–Kier alpha value is -1.60. The molecule has 0 atom stereocenters. The lowest BCUT2D eigenvalue weighted by Gasteiger charge is -2.23. The number of hydrogen-bond donors (Lipinski definition) is 0. The average molecular weight is 409 g/mol. The van der Waals surface area contributed by atoms with Crippen LogP contribution in [0.4, 0.5) is 10.1 Å². The van der Waals surface area contributed by atoms with Crippen molar-refractivity contribution in [2.75, 3.05) is 25.2 Å². The van der Waals surface area contributed by atoms with Gasteiger partial charge in [-0.1, -0.05) is 17.7 Å². The highest BCUT2D eigenvalue weighted by Crippen LogP contribution is 2.42. The van der Waals surface area contributed by atoms with Crippen LogP contribution in [0.2, 0.25) is 5.02 Å². The Balaban J connectivity index is 3.27. The standard InChI is InChI=1S/C15H16BrClFNO4/c1-4-23-15-11(18)8-10(17)14(13(15)16)19(9(2)20)7-5-6-12(21)22-3/h5-6,8H,4,7H2,1-3H3. The predicted molar refractivity (Wildman–Crippen MR) is 89.5 cm³/mol.